The molecule has 2 aromatic rings. The molecule has 4 rings (SSSR count). The van der Waals surface area contributed by atoms with Gasteiger partial charge < -0.3 is 19.7 Å². The van der Waals surface area contributed by atoms with Crippen LogP contribution >= 0.6 is 39.3 Å². The standard InChI is InChI=1S/C26H25BrClN3O6S/c1-2-36-21-11-16(5-8-20(21)37-15-24(33)30-9-3-4-10-30)12-22-25(34)31(26(35)38-22)14-23(32)29-17-6-7-18(27)19(28)13-17/h5-8,11-13H,2-4,9-10,14-15H2,1H3,(H,29,32)/b22-12-. The summed E-state index contributed by atoms with van der Waals surface area (Å²) in [5.41, 5.74) is 1.05. The number of nitrogens with one attached hydrogen (secondary N) is 1. The second kappa shape index (κ2) is 12.7. The molecule has 0 aliphatic carbocycles. The summed E-state index contributed by atoms with van der Waals surface area (Å²) in [7, 11) is 0. The van der Waals surface area contributed by atoms with Crippen molar-refractivity contribution in [2.75, 3.05) is 38.2 Å². The Morgan fingerprint density at radius 1 is 1.11 bits per heavy atom. The third-order valence-corrected chi connectivity index (χ3v) is 7.89. The summed E-state index contributed by atoms with van der Waals surface area (Å²) >= 11 is 10.1. The Balaban J connectivity index is 1.41. The normalized spacial score (nSPS) is 16.3. The van der Waals surface area contributed by atoms with Gasteiger partial charge in [0.15, 0.2) is 18.1 Å². The number of imide groups is 1. The van der Waals surface area contributed by atoms with Crippen LogP contribution in [0.4, 0.5) is 10.5 Å². The lowest BCUT2D eigenvalue weighted by atomic mass is 10.2. The number of thioether (sulfide) groups is 1. The minimum absolute atomic E-state index is 0.0741. The van der Waals surface area contributed by atoms with Gasteiger partial charge in [-0.1, -0.05) is 17.7 Å². The monoisotopic (exact) mass is 621 g/mol. The van der Waals surface area contributed by atoms with Crippen molar-refractivity contribution in [3.05, 3.63) is 56.4 Å². The van der Waals surface area contributed by atoms with Crippen LogP contribution in [-0.4, -0.2) is 65.6 Å². The van der Waals surface area contributed by atoms with E-state index in [-0.39, 0.29) is 17.4 Å². The quantitative estimate of drug-likeness (QED) is 0.385. The zero-order chi connectivity index (χ0) is 27.2. The second-order valence-electron chi connectivity index (χ2n) is 8.46. The van der Waals surface area contributed by atoms with Gasteiger partial charge in [0, 0.05) is 23.2 Å². The minimum Gasteiger partial charge on any atom is -0.490 e. The van der Waals surface area contributed by atoms with Crippen LogP contribution in [0.5, 0.6) is 11.5 Å². The number of likely N-dealkylation sites (tertiary alicyclic amines) is 1. The first-order chi connectivity index (χ1) is 18.2. The molecule has 2 fully saturated rings. The molecule has 0 atom stereocenters. The molecule has 0 unspecified atom stereocenters. The molecule has 2 aromatic carbocycles. The molecule has 2 aliphatic rings. The zero-order valence-electron chi connectivity index (χ0n) is 20.5. The number of halogens is 2. The van der Waals surface area contributed by atoms with Crippen molar-refractivity contribution in [2.24, 2.45) is 0 Å². The van der Waals surface area contributed by atoms with E-state index >= 15 is 0 Å². The SMILES string of the molecule is CCOc1cc(/C=C2\SC(=O)N(CC(=O)Nc3ccc(Br)c(Cl)c3)C2=O)ccc1OCC(=O)N1CCCC1. The van der Waals surface area contributed by atoms with Crippen molar-refractivity contribution in [2.45, 2.75) is 19.8 Å². The fourth-order valence-electron chi connectivity index (χ4n) is 3.90. The number of rotatable bonds is 9. The lowest BCUT2D eigenvalue weighted by molar-refractivity contribution is -0.132. The van der Waals surface area contributed by atoms with Crippen LogP contribution in [0.15, 0.2) is 45.8 Å². The predicted octanol–water partition coefficient (Wildman–Crippen LogP) is 5.18. The topological polar surface area (TPSA) is 105 Å². The Hall–Kier alpha value is -3.02. The molecule has 0 aromatic heterocycles. The number of ether oxygens (including phenoxy) is 2. The molecule has 4 amide bonds. The van der Waals surface area contributed by atoms with E-state index in [0.717, 1.165) is 42.6 Å². The van der Waals surface area contributed by atoms with Crippen LogP contribution in [0.1, 0.15) is 25.3 Å². The van der Waals surface area contributed by atoms with Gasteiger partial charge in [0.2, 0.25) is 5.91 Å². The van der Waals surface area contributed by atoms with Crippen LogP contribution in [0.3, 0.4) is 0 Å². The molecule has 12 heteroatoms. The van der Waals surface area contributed by atoms with Gasteiger partial charge in [0.25, 0.3) is 17.1 Å². The smallest absolute Gasteiger partial charge is 0.294 e. The second-order valence-corrected chi connectivity index (χ2v) is 10.7. The van der Waals surface area contributed by atoms with Crippen LogP contribution in [-0.2, 0) is 14.4 Å². The lowest BCUT2D eigenvalue weighted by Crippen LogP contribution is -2.36. The zero-order valence-corrected chi connectivity index (χ0v) is 23.7. The van der Waals surface area contributed by atoms with E-state index in [0.29, 0.717) is 38.9 Å². The number of anilines is 1. The van der Waals surface area contributed by atoms with Crippen molar-refractivity contribution in [3.63, 3.8) is 0 Å². The maximum Gasteiger partial charge on any atom is 0.294 e. The van der Waals surface area contributed by atoms with E-state index in [2.05, 4.69) is 21.2 Å². The first-order valence-electron chi connectivity index (χ1n) is 11.9. The average molecular weight is 623 g/mol. The van der Waals surface area contributed by atoms with E-state index in [1.807, 2.05) is 6.92 Å². The molecule has 2 aliphatic heterocycles. The van der Waals surface area contributed by atoms with Crippen molar-refractivity contribution in [1.29, 1.82) is 0 Å². The number of hydrogen-bond acceptors (Lipinski definition) is 7. The summed E-state index contributed by atoms with van der Waals surface area (Å²) in [6, 6.07) is 9.93. The van der Waals surface area contributed by atoms with Crippen LogP contribution < -0.4 is 14.8 Å². The van der Waals surface area contributed by atoms with Crippen molar-refractivity contribution in [3.8, 4) is 11.5 Å². The molecule has 0 radical (unpaired) electrons. The number of amides is 4. The van der Waals surface area contributed by atoms with Gasteiger partial charge in [-0.05, 0) is 89.4 Å². The summed E-state index contributed by atoms with van der Waals surface area (Å²) in [4.78, 5) is 53.0. The van der Waals surface area contributed by atoms with Gasteiger partial charge in [-0.3, -0.25) is 24.1 Å². The highest BCUT2D eigenvalue weighted by Crippen LogP contribution is 2.35. The Morgan fingerprint density at radius 2 is 1.87 bits per heavy atom. The first kappa shape index (κ1) is 28.0. The van der Waals surface area contributed by atoms with E-state index in [4.69, 9.17) is 21.1 Å². The van der Waals surface area contributed by atoms with Crippen molar-refractivity contribution in [1.82, 2.24) is 9.80 Å². The lowest BCUT2D eigenvalue weighted by Gasteiger charge is -2.17. The number of carbonyl (C=O) groups excluding carboxylic acids is 4. The van der Waals surface area contributed by atoms with Crippen molar-refractivity contribution < 1.29 is 28.7 Å². The number of benzene rings is 2. The van der Waals surface area contributed by atoms with Crippen LogP contribution in [0, 0.1) is 0 Å². The van der Waals surface area contributed by atoms with Gasteiger partial charge in [0.05, 0.1) is 16.5 Å². The van der Waals surface area contributed by atoms with Crippen LogP contribution in [0.25, 0.3) is 6.08 Å². The van der Waals surface area contributed by atoms with Gasteiger partial charge in [-0.15, -0.1) is 0 Å². The largest absolute Gasteiger partial charge is 0.490 e. The maximum absolute atomic E-state index is 12.9. The fourth-order valence-corrected chi connectivity index (χ4v) is 5.17. The molecule has 0 spiro atoms. The Labute approximate surface area is 237 Å². The highest BCUT2D eigenvalue weighted by atomic mass is 79.9. The molecule has 2 heterocycles. The summed E-state index contributed by atoms with van der Waals surface area (Å²) in [5.74, 6) is -0.347. The highest BCUT2D eigenvalue weighted by Gasteiger charge is 2.36. The molecule has 38 heavy (non-hydrogen) atoms. The van der Waals surface area contributed by atoms with Crippen LogP contribution in [0.2, 0.25) is 5.02 Å². The van der Waals surface area contributed by atoms with E-state index in [1.165, 1.54) is 0 Å². The molecule has 0 bridgehead atoms. The Kier molecular flexibility index (Phi) is 9.35. The fraction of sp³-hybridized carbons (Fsp3) is 0.308. The highest BCUT2D eigenvalue weighted by molar-refractivity contribution is 9.10. The third-order valence-electron chi connectivity index (χ3n) is 5.75. The van der Waals surface area contributed by atoms with E-state index in [9.17, 15) is 19.2 Å². The third kappa shape index (κ3) is 6.89. The molecule has 200 valence electrons. The summed E-state index contributed by atoms with van der Waals surface area (Å²) in [6.45, 7) is 3.16. The molecule has 0 saturated carbocycles. The number of nitrogens with zero attached hydrogens (tertiary/aromatic N) is 2. The average Bonchev–Trinajstić information content (AvgIpc) is 3.51. The molecular formula is C26H25BrClN3O6S. The van der Waals surface area contributed by atoms with Gasteiger partial charge in [-0.25, -0.2) is 0 Å². The molecule has 2 saturated heterocycles. The van der Waals surface area contributed by atoms with E-state index < -0.39 is 23.6 Å². The maximum atomic E-state index is 12.9. The van der Waals surface area contributed by atoms with E-state index in [1.54, 1.807) is 47.4 Å². The van der Waals surface area contributed by atoms with Crippen molar-refractivity contribution >= 4 is 74.0 Å². The Bertz CT molecular complexity index is 1300. The molecule has 9 nitrogen and oxygen atoms in total. The molecule has 1 N–H and O–H groups in total. The first-order valence-corrected chi connectivity index (χ1v) is 13.9. The number of carbonyl (C=O) groups is 4. The predicted molar refractivity (Wildman–Crippen MR) is 149 cm³/mol. The minimum atomic E-state index is -0.571. The number of hydrogen-bond donors (Lipinski definition) is 1. The summed E-state index contributed by atoms with van der Waals surface area (Å²) in [5, 5.41) is 2.50. The van der Waals surface area contributed by atoms with Gasteiger partial charge in [0.1, 0.15) is 6.54 Å². The molecular weight excluding hydrogens is 598 g/mol. The summed E-state index contributed by atoms with van der Waals surface area (Å²) in [6.07, 6.45) is 3.56. The van der Waals surface area contributed by atoms with Gasteiger partial charge in [-0.2, -0.15) is 0 Å². The summed E-state index contributed by atoms with van der Waals surface area (Å²) < 4.78 is 12.1. The van der Waals surface area contributed by atoms with Gasteiger partial charge >= 0.3 is 0 Å². The Morgan fingerprint density at radius 3 is 2.58 bits per heavy atom.